The van der Waals surface area contributed by atoms with Crippen LogP contribution < -0.4 is 5.84 Å². The Balaban J connectivity index is 2.06. The lowest BCUT2D eigenvalue weighted by atomic mass is 10.2. The fourth-order valence-corrected chi connectivity index (χ4v) is 1.49. The summed E-state index contributed by atoms with van der Waals surface area (Å²) in [6, 6.07) is 14.8. The lowest BCUT2D eigenvalue weighted by molar-refractivity contribution is 0.0737. The lowest BCUT2D eigenvalue weighted by Gasteiger charge is -2.15. The van der Waals surface area contributed by atoms with Gasteiger partial charge in [-0.3, -0.25) is 14.8 Å². The van der Waals surface area contributed by atoms with Crippen molar-refractivity contribution in [2.24, 2.45) is 5.84 Å². The molecule has 0 aliphatic carbocycles. The summed E-state index contributed by atoms with van der Waals surface area (Å²) in [5, 5.41) is 1.16. The van der Waals surface area contributed by atoms with Crippen LogP contribution in [0.15, 0.2) is 54.7 Å². The van der Waals surface area contributed by atoms with Gasteiger partial charge in [0.1, 0.15) is 5.69 Å². The summed E-state index contributed by atoms with van der Waals surface area (Å²) in [6.07, 6.45) is 1.57. The van der Waals surface area contributed by atoms with Crippen LogP contribution in [0.1, 0.15) is 16.1 Å². The molecule has 0 spiro atoms. The van der Waals surface area contributed by atoms with Gasteiger partial charge in [0.2, 0.25) is 0 Å². The van der Waals surface area contributed by atoms with E-state index in [0.29, 0.717) is 12.2 Å². The van der Waals surface area contributed by atoms with E-state index in [1.165, 1.54) is 0 Å². The average molecular weight is 227 g/mol. The zero-order valence-electron chi connectivity index (χ0n) is 9.28. The van der Waals surface area contributed by atoms with Crippen LogP contribution in [0.4, 0.5) is 0 Å². The molecule has 0 saturated heterocycles. The molecule has 2 rings (SSSR count). The summed E-state index contributed by atoms with van der Waals surface area (Å²) in [5.74, 6) is 5.44. The van der Waals surface area contributed by atoms with Crippen LogP contribution in [0.5, 0.6) is 0 Å². The summed E-state index contributed by atoms with van der Waals surface area (Å²) < 4.78 is 0. The van der Waals surface area contributed by atoms with E-state index in [9.17, 15) is 4.79 Å². The first-order valence-corrected chi connectivity index (χ1v) is 5.29. The number of hydrazine groups is 1. The van der Waals surface area contributed by atoms with Crippen LogP contribution in [-0.4, -0.2) is 15.9 Å². The molecule has 2 N–H and O–H groups in total. The predicted octanol–water partition coefficient (Wildman–Crippen LogP) is 1.60. The summed E-state index contributed by atoms with van der Waals surface area (Å²) in [6.45, 7) is 0.371. The predicted molar refractivity (Wildman–Crippen MR) is 64.7 cm³/mol. The molecule has 1 heterocycles. The van der Waals surface area contributed by atoms with Crippen LogP contribution in [-0.2, 0) is 6.54 Å². The fraction of sp³-hybridized carbons (Fsp3) is 0.0769. The molecule has 0 bridgehead atoms. The Morgan fingerprint density at radius 2 is 1.82 bits per heavy atom. The number of rotatable bonds is 3. The highest BCUT2D eigenvalue weighted by Crippen LogP contribution is 2.04. The first-order valence-electron chi connectivity index (χ1n) is 5.29. The van der Waals surface area contributed by atoms with Gasteiger partial charge in [-0.2, -0.15) is 0 Å². The number of pyridine rings is 1. The van der Waals surface area contributed by atoms with Crippen molar-refractivity contribution >= 4 is 5.91 Å². The summed E-state index contributed by atoms with van der Waals surface area (Å²) in [4.78, 5) is 15.9. The topological polar surface area (TPSA) is 59.2 Å². The number of hydrogen-bond acceptors (Lipinski definition) is 3. The number of benzene rings is 1. The number of hydrogen-bond donors (Lipinski definition) is 1. The molecule has 4 nitrogen and oxygen atoms in total. The van der Waals surface area contributed by atoms with Crippen molar-refractivity contribution in [2.75, 3.05) is 0 Å². The second-order valence-corrected chi connectivity index (χ2v) is 3.63. The molecule has 0 unspecified atom stereocenters. The Hall–Kier alpha value is -2.20. The number of amides is 1. The van der Waals surface area contributed by atoms with E-state index in [4.69, 9.17) is 5.84 Å². The molecular formula is C13H13N3O. The minimum atomic E-state index is -0.283. The highest BCUT2D eigenvalue weighted by Gasteiger charge is 2.13. The minimum Gasteiger partial charge on any atom is -0.271 e. The maximum absolute atomic E-state index is 11.9. The van der Waals surface area contributed by atoms with Crippen molar-refractivity contribution in [2.45, 2.75) is 6.54 Å². The number of carbonyl (C=O) groups excluding carboxylic acids is 1. The standard InChI is InChI=1S/C13H13N3O/c14-16(10-11-6-2-1-3-7-11)13(17)12-8-4-5-9-15-12/h1-9H,10,14H2. The molecule has 1 amide bonds. The maximum Gasteiger partial charge on any atom is 0.286 e. The molecule has 17 heavy (non-hydrogen) atoms. The molecule has 0 fully saturated rings. The van der Waals surface area contributed by atoms with E-state index in [1.54, 1.807) is 24.4 Å². The van der Waals surface area contributed by atoms with Gasteiger partial charge in [0.05, 0.1) is 6.54 Å². The van der Waals surface area contributed by atoms with Gasteiger partial charge in [-0.1, -0.05) is 36.4 Å². The third kappa shape index (κ3) is 2.89. The zero-order chi connectivity index (χ0) is 12.1. The first-order chi connectivity index (χ1) is 8.27. The molecule has 86 valence electrons. The van der Waals surface area contributed by atoms with E-state index in [0.717, 1.165) is 10.6 Å². The second-order valence-electron chi connectivity index (χ2n) is 3.63. The zero-order valence-corrected chi connectivity index (χ0v) is 9.28. The SMILES string of the molecule is NN(Cc1ccccc1)C(=O)c1ccccn1. The Kier molecular flexibility index (Phi) is 3.47. The van der Waals surface area contributed by atoms with Crippen molar-refractivity contribution in [3.63, 3.8) is 0 Å². The van der Waals surface area contributed by atoms with Crippen LogP contribution in [0.3, 0.4) is 0 Å². The molecular weight excluding hydrogens is 214 g/mol. The quantitative estimate of drug-likeness (QED) is 0.492. The van der Waals surface area contributed by atoms with Crippen molar-refractivity contribution < 1.29 is 4.79 Å². The van der Waals surface area contributed by atoms with Crippen LogP contribution in [0.2, 0.25) is 0 Å². The van der Waals surface area contributed by atoms with Gasteiger partial charge >= 0.3 is 0 Å². The van der Waals surface area contributed by atoms with E-state index in [1.807, 2.05) is 30.3 Å². The van der Waals surface area contributed by atoms with Crippen molar-refractivity contribution in [3.8, 4) is 0 Å². The maximum atomic E-state index is 11.9. The van der Waals surface area contributed by atoms with E-state index in [-0.39, 0.29) is 5.91 Å². The van der Waals surface area contributed by atoms with Gasteiger partial charge in [-0.05, 0) is 17.7 Å². The van der Waals surface area contributed by atoms with Gasteiger partial charge in [-0.25, -0.2) is 5.84 Å². The average Bonchev–Trinajstić information content (AvgIpc) is 2.40. The van der Waals surface area contributed by atoms with E-state index >= 15 is 0 Å². The van der Waals surface area contributed by atoms with Gasteiger partial charge in [0, 0.05) is 6.20 Å². The van der Waals surface area contributed by atoms with Crippen LogP contribution in [0, 0.1) is 0 Å². The van der Waals surface area contributed by atoms with E-state index < -0.39 is 0 Å². The molecule has 1 aromatic carbocycles. The normalized spacial score (nSPS) is 9.94. The molecule has 2 aromatic rings. The molecule has 0 radical (unpaired) electrons. The summed E-state index contributed by atoms with van der Waals surface area (Å²) in [7, 11) is 0. The van der Waals surface area contributed by atoms with E-state index in [2.05, 4.69) is 4.98 Å². The Morgan fingerprint density at radius 3 is 2.47 bits per heavy atom. The smallest absolute Gasteiger partial charge is 0.271 e. The molecule has 0 atom stereocenters. The Labute approximate surface area is 99.7 Å². The molecule has 1 aromatic heterocycles. The highest BCUT2D eigenvalue weighted by atomic mass is 16.2. The number of aromatic nitrogens is 1. The first kappa shape index (κ1) is 11.3. The molecule has 0 aliphatic rings. The Bertz CT molecular complexity index is 485. The summed E-state index contributed by atoms with van der Waals surface area (Å²) >= 11 is 0. The minimum absolute atomic E-state index is 0.283. The fourth-order valence-electron chi connectivity index (χ4n) is 1.49. The van der Waals surface area contributed by atoms with Crippen molar-refractivity contribution in [1.29, 1.82) is 0 Å². The largest absolute Gasteiger partial charge is 0.286 e. The van der Waals surface area contributed by atoms with Crippen LogP contribution in [0.25, 0.3) is 0 Å². The Morgan fingerprint density at radius 1 is 1.12 bits per heavy atom. The van der Waals surface area contributed by atoms with Gasteiger partial charge in [0.25, 0.3) is 5.91 Å². The molecule has 0 aliphatic heterocycles. The monoisotopic (exact) mass is 227 g/mol. The number of nitrogens with zero attached hydrogens (tertiary/aromatic N) is 2. The third-order valence-electron chi connectivity index (χ3n) is 2.34. The van der Waals surface area contributed by atoms with Gasteiger partial charge in [0.15, 0.2) is 0 Å². The van der Waals surface area contributed by atoms with Gasteiger partial charge < -0.3 is 0 Å². The van der Waals surface area contributed by atoms with Crippen LogP contribution >= 0.6 is 0 Å². The summed E-state index contributed by atoms with van der Waals surface area (Å²) in [5.41, 5.74) is 1.34. The third-order valence-corrected chi connectivity index (χ3v) is 2.34. The van der Waals surface area contributed by atoms with Crippen molar-refractivity contribution in [3.05, 3.63) is 66.0 Å². The highest BCUT2D eigenvalue weighted by molar-refractivity contribution is 5.91. The van der Waals surface area contributed by atoms with Gasteiger partial charge in [-0.15, -0.1) is 0 Å². The molecule has 0 saturated carbocycles. The molecule has 4 heteroatoms. The second kappa shape index (κ2) is 5.23. The number of carbonyl (C=O) groups is 1. The number of nitrogens with two attached hydrogens (primary N) is 1. The van der Waals surface area contributed by atoms with Crippen molar-refractivity contribution in [1.82, 2.24) is 9.99 Å². The lowest BCUT2D eigenvalue weighted by Crippen LogP contribution is -2.37.